The topological polar surface area (TPSA) is 79.2 Å². The van der Waals surface area contributed by atoms with Crippen LogP contribution in [-0.4, -0.2) is 42.1 Å². The van der Waals surface area contributed by atoms with E-state index in [1.165, 1.54) is 6.07 Å². The fraction of sp³-hybridized carbons (Fsp3) is 0.417. The molecule has 8 heteroatoms. The minimum atomic E-state index is -2.94. The molecule has 1 unspecified atom stereocenters. The van der Waals surface area contributed by atoms with Gasteiger partial charge in [0.05, 0.1) is 11.6 Å². The van der Waals surface area contributed by atoms with Gasteiger partial charge in [-0.2, -0.15) is 5.11 Å². The molecule has 32 heavy (non-hydrogen) atoms. The Morgan fingerprint density at radius 3 is 2.66 bits per heavy atom. The van der Waals surface area contributed by atoms with Gasteiger partial charge in [0.2, 0.25) is 5.91 Å². The maximum atomic E-state index is 14.8. The summed E-state index contributed by atoms with van der Waals surface area (Å²) in [6.45, 7) is 0.835. The summed E-state index contributed by atoms with van der Waals surface area (Å²) < 4.78 is 28.5. The van der Waals surface area contributed by atoms with Crippen molar-refractivity contribution in [1.82, 2.24) is 4.90 Å². The highest BCUT2D eigenvalue weighted by atomic mass is 31.2. The van der Waals surface area contributed by atoms with E-state index in [0.29, 0.717) is 37.5 Å². The first kappa shape index (κ1) is 21.2. The van der Waals surface area contributed by atoms with Crippen LogP contribution >= 0.6 is 7.14 Å². The maximum absolute atomic E-state index is 14.8. The van der Waals surface area contributed by atoms with Crippen molar-refractivity contribution in [2.24, 2.45) is 22.1 Å². The molecule has 4 aliphatic rings. The van der Waals surface area contributed by atoms with E-state index in [0.717, 1.165) is 30.4 Å². The predicted molar refractivity (Wildman–Crippen MR) is 120 cm³/mol. The summed E-state index contributed by atoms with van der Waals surface area (Å²) in [6, 6.07) is 4.70. The van der Waals surface area contributed by atoms with E-state index in [1.54, 1.807) is 23.1 Å². The minimum absolute atomic E-state index is 0.117. The third kappa shape index (κ3) is 3.83. The number of benzene rings is 1. The normalized spacial score (nSPS) is 24.5. The molecular weight excluding hydrogens is 428 g/mol. The van der Waals surface area contributed by atoms with Crippen molar-refractivity contribution in [2.45, 2.75) is 25.7 Å². The van der Waals surface area contributed by atoms with Crippen molar-refractivity contribution >= 4 is 24.3 Å². The first-order valence-electron chi connectivity index (χ1n) is 11.1. The van der Waals surface area contributed by atoms with Crippen LogP contribution in [0.15, 0.2) is 64.0 Å². The number of azo groups is 1. The van der Waals surface area contributed by atoms with Crippen LogP contribution in [0.5, 0.6) is 0 Å². The second-order valence-electron chi connectivity index (χ2n) is 8.91. The van der Waals surface area contributed by atoms with Gasteiger partial charge in [-0.3, -0.25) is 9.59 Å². The molecule has 5 rings (SSSR count). The van der Waals surface area contributed by atoms with Gasteiger partial charge in [0.15, 0.2) is 0 Å². The SMILES string of the molecule is O=C1N=NC(Cc2ccc(F)c(P3(=O)CCN(C(=O)C4CCC4)CC3)c2)=C2C=CC=CC12. The first-order valence-corrected chi connectivity index (χ1v) is 13.2. The van der Waals surface area contributed by atoms with E-state index in [9.17, 15) is 18.5 Å². The Morgan fingerprint density at radius 2 is 1.94 bits per heavy atom. The summed E-state index contributed by atoms with van der Waals surface area (Å²) in [4.78, 5) is 26.3. The maximum Gasteiger partial charge on any atom is 0.275 e. The van der Waals surface area contributed by atoms with Crippen LogP contribution in [0.3, 0.4) is 0 Å². The number of allylic oxidation sites excluding steroid dienone is 4. The molecule has 0 radical (unpaired) electrons. The number of carbonyl (C=O) groups is 2. The minimum Gasteiger partial charge on any atom is -0.342 e. The molecule has 2 aliphatic heterocycles. The van der Waals surface area contributed by atoms with Crippen LogP contribution in [-0.2, 0) is 20.6 Å². The highest BCUT2D eigenvalue weighted by molar-refractivity contribution is 7.71. The molecular formula is C24H25FN3O3P. The van der Waals surface area contributed by atoms with E-state index in [2.05, 4.69) is 10.2 Å². The molecule has 0 bridgehead atoms. The van der Waals surface area contributed by atoms with Crippen molar-refractivity contribution in [1.29, 1.82) is 0 Å². The Morgan fingerprint density at radius 1 is 1.16 bits per heavy atom. The molecule has 6 nitrogen and oxygen atoms in total. The van der Waals surface area contributed by atoms with Crippen LogP contribution in [0.25, 0.3) is 0 Å². The second-order valence-corrected chi connectivity index (χ2v) is 12.1. The predicted octanol–water partition coefficient (Wildman–Crippen LogP) is 3.99. The zero-order chi connectivity index (χ0) is 22.3. The fourth-order valence-corrected chi connectivity index (χ4v) is 7.44. The molecule has 1 saturated carbocycles. The van der Waals surface area contributed by atoms with Gasteiger partial charge >= 0.3 is 0 Å². The number of hydrogen-bond acceptors (Lipinski definition) is 4. The molecule has 2 heterocycles. The summed E-state index contributed by atoms with van der Waals surface area (Å²) in [6.07, 6.45) is 11.3. The molecule has 166 valence electrons. The molecule has 1 aromatic rings. The molecule has 1 aromatic carbocycles. The van der Waals surface area contributed by atoms with Gasteiger partial charge in [0, 0.05) is 43.1 Å². The van der Waals surface area contributed by atoms with Gasteiger partial charge < -0.3 is 9.46 Å². The number of hydrogen-bond donors (Lipinski definition) is 0. The lowest BCUT2D eigenvalue weighted by Gasteiger charge is -2.36. The molecule has 1 atom stereocenters. The van der Waals surface area contributed by atoms with Crippen molar-refractivity contribution in [3.05, 3.63) is 65.2 Å². The summed E-state index contributed by atoms with van der Waals surface area (Å²) in [5.74, 6) is -0.912. The summed E-state index contributed by atoms with van der Waals surface area (Å²) in [5, 5.41) is 8.12. The van der Waals surface area contributed by atoms with E-state index in [-0.39, 0.29) is 23.0 Å². The van der Waals surface area contributed by atoms with Crippen molar-refractivity contribution in [3.63, 3.8) is 0 Å². The van der Waals surface area contributed by atoms with E-state index < -0.39 is 18.9 Å². The third-order valence-electron chi connectivity index (χ3n) is 6.94. The van der Waals surface area contributed by atoms with Crippen LogP contribution in [0.1, 0.15) is 24.8 Å². The molecule has 0 N–H and O–H groups in total. The largest absolute Gasteiger partial charge is 0.342 e. The van der Waals surface area contributed by atoms with Gasteiger partial charge in [-0.1, -0.05) is 36.8 Å². The number of halogens is 1. The van der Waals surface area contributed by atoms with Gasteiger partial charge in [0.1, 0.15) is 13.0 Å². The highest BCUT2D eigenvalue weighted by Crippen LogP contribution is 2.47. The van der Waals surface area contributed by atoms with Gasteiger partial charge in [-0.15, -0.1) is 5.11 Å². The van der Waals surface area contributed by atoms with Crippen LogP contribution in [0, 0.1) is 17.7 Å². The van der Waals surface area contributed by atoms with E-state index >= 15 is 0 Å². The first-order chi connectivity index (χ1) is 15.4. The number of nitrogens with zero attached hydrogens (tertiary/aromatic N) is 3. The quantitative estimate of drug-likeness (QED) is 0.647. The fourth-order valence-electron chi connectivity index (χ4n) is 4.74. The lowest BCUT2D eigenvalue weighted by atomic mass is 9.84. The van der Waals surface area contributed by atoms with Crippen molar-refractivity contribution < 1.29 is 18.5 Å². The number of rotatable bonds is 4. The van der Waals surface area contributed by atoms with E-state index in [1.807, 2.05) is 18.2 Å². The molecule has 0 aromatic heterocycles. The van der Waals surface area contributed by atoms with Gasteiger partial charge in [0.25, 0.3) is 5.91 Å². The van der Waals surface area contributed by atoms with E-state index in [4.69, 9.17) is 0 Å². The molecule has 0 spiro atoms. The highest BCUT2D eigenvalue weighted by Gasteiger charge is 2.37. The van der Waals surface area contributed by atoms with Crippen LogP contribution in [0.2, 0.25) is 0 Å². The lowest BCUT2D eigenvalue weighted by Crippen LogP contribution is -2.45. The third-order valence-corrected chi connectivity index (χ3v) is 10.0. The Labute approximate surface area is 186 Å². The molecule has 2 fully saturated rings. The lowest BCUT2D eigenvalue weighted by molar-refractivity contribution is -0.137. The molecule has 2 aliphatic carbocycles. The van der Waals surface area contributed by atoms with Gasteiger partial charge in [-0.05, 0) is 36.1 Å². The van der Waals surface area contributed by atoms with Gasteiger partial charge in [-0.25, -0.2) is 4.39 Å². The second kappa shape index (κ2) is 8.36. The van der Waals surface area contributed by atoms with Crippen LogP contribution < -0.4 is 5.30 Å². The average Bonchev–Trinajstić information content (AvgIpc) is 2.76. The summed E-state index contributed by atoms with van der Waals surface area (Å²) >= 11 is 0. The zero-order valence-electron chi connectivity index (χ0n) is 17.7. The smallest absolute Gasteiger partial charge is 0.275 e. The zero-order valence-corrected chi connectivity index (χ0v) is 18.6. The summed E-state index contributed by atoms with van der Waals surface area (Å²) in [5.41, 5.74) is 2.24. The number of carbonyl (C=O) groups excluding carboxylic acids is 2. The average molecular weight is 453 g/mol. The van der Waals surface area contributed by atoms with Crippen molar-refractivity contribution in [3.8, 4) is 0 Å². The Hall–Kier alpha value is -2.66. The molecule has 2 amide bonds. The standard InChI is InChI=1S/C24H25FN3O3P/c25-20-9-8-16(14-21-18-6-1-2-7-19(18)23(29)27-26-21)15-22(20)32(31)12-10-28(11-13-32)24(30)17-4-3-5-17/h1-2,6-9,15,17,19H,3-5,10-14H2. The monoisotopic (exact) mass is 453 g/mol. The summed E-state index contributed by atoms with van der Waals surface area (Å²) in [7, 11) is -2.94. The Kier molecular flexibility index (Phi) is 5.54. The number of amides is 2. The Balaban J connectivity index is 1.35. The molecule has 1 saturated heterocycles. The van der Waals surface area contributed by atoms with Crippen molar-refractivity contribution in [2.75, 3.05) is 25.4 Å². The van der Waals surface area contributed by atoms with Crippen LogP contribution in [0.4, 0.5) is 4.39 Å². The number of fused-ring (bicyclic) bond motifs is 1. The Bertz CT molecular complexity index is 1140.